The molecule has 1 aliphatic rings. The second kappa shape index (κ2) is 6.19. The lowest BCUT2D eigenvalue weighted by Gasteiger charge is -2.44. The van der Waals surface area contributed by atoms with Gasteiger partial charge in [0.05, 0.1) is 12.6 Å². The minimum atomic E-state index is -5.32. The molecule has 132 valence electrons. The van der Waals surface area contributed by atoms with Crippen molar-refractivity contribution in [3.8, 4) is 5.75 Å². The number of nitrogens with one attached hydrogen (secondary N) is 2. The third-order valence-electron chi connectivity index (χ3n) is 3.60. The molecule has 0 spiro atoms. The Morgan fingerprint density at radius 1 is 1.33 bits per heavy atom. The fourth-order valence-corrected chi connectivity index (χ4v) is 2.50. The van der Waals surface area contributed by atoms with Gasteiger partial charge in [0.1, 0.15) is 11.7 Å². The summed E-state index contributed by atoms with van der Waals surface area (Å²) in [4.78, 5) is 23.7. The van der Waals surface area contributed by atoms with Crippen LogP contribution in [0.25, 0.3) is 0 Å². The largest absolute Gasteiger partial charge is 0.508 e. The number of carbonyl (C=O) groups is 2. The van der Waals surface area contributed by atoms with E-state index in [-0.39, 0.29) is 17.9 Å². The summed E-state index contributed by atoms with van der Waals surface area (Å²) >= 11 is 0. The molecule has 1 aliphatic heterocycles. The molecule has 0 aliphatic carbocycles. The Kier molecular flexibility index (Phi) is 4.61. The third-order valence-corrected chi connectivity index (χ3v) is 3.60. The van der Waals surface area contributed by atoms with Gasteiger partial charge in [-0.2, -0.15) is 13.2 Å². The number of esters is 1. The molecule has 0 unspecified atom stereocenters. The van der Waals surface area contributed by atoms with Crippen molar-refractivity contribution in [1.29, 1.82) is 0 Å². The molecule has 1 heterocycles. The van der Waals surface area contributed by atoms with Crippen LogP contribution in [0.4, 0.5) is 18.0 Å². The quantitative estimate of drug-likeness (QED) is 0.614. The Morgan fingerprint density at radius 2 is 1.92 bits per heavy atom. The molecule has 1 aromatic rings. The van der Waals surface area contributed by atoms with E-state index >= 15 is 0 Å². The van der Waals surface area contributed by atoms with Gasteiger partial charge in [-0.05, 0) is 24.6 Å². The molecular formula is C14H15F3N2O5. The van der Waals surface area contributed by atoms with Gasteiger partial charge in [0.25, 0.3) is 5.72 Å². The van der Waals surface area contributed by atoms with Crippen molar-refractivity contribution in [2.75, 3.05) is 6.61 Å². The van der Waals surface area contributed by atoms with Gasteiger partial charge in [0.2, 0.25) is 0 Å². The number of alkyl halides is 3. The van der Waals surface area contributed by atoms with Crippen LogP contribution in [0.1, 0.15) is 18.5 Å². The van der Waals surface area contributed by atoms with Crippen LogP contribution in [0, 0.1) is 5.92 Å². The first-order chi connectivity index (χ1) is 11.1. The molecule has 0 bridgehead atoms. The van der Waals surface area contributed by atoms with E-state index in [0.29, 0.717) is 0 Å². The van der Waals surface area contributed by atoms with Gasteiger partial charge in [-0.25, -0.2) is 4.79 Å². The number of aromatic hydroxyl groups is 1. The molecular weight excluding hydrogens is 333 g/mol. The van der Waals surface area contributed by atoms with E-state index in [9.17, 15) is 33.0 Å². The lowest BCUT2D eigenvalue weighted by molar-refractivity contribution is -0.294. The molecule has 7 nitrogen and oxygen atoms in total. The summed E-state index contributed by atoms with van der Waals surface area (Å²) in [6, 6.07) is 2.01. The summed E-state index contributed by atoms with van der Waals surface area (Å²) < 4.78 is 44.7. The van der Waals surface area contributed by atoms with E-state index in [4.69, 9.17) is 0 Å². The monoisotopic (exact) mass is 348 g/mol. The van der Waals surface area contributed by atoms with E-state index in [0.717, 1.165) is 0 Å². The highest BCUT2D eigenvalue weighted by Crippen LogP contribution is 2.43. The van der Waals surface area contributed by atoms with Crippen molar-refractivity contribution in [3.05, 3.63) is 29.8 Å². The molecule has 24 heavy (non-hydrogen) atoms. The lowest BCUT2D eigenvalue weighted by Crippen LogP contribution is -2.73. The van der Waals surface area contributed by atoms with Crippen molar-refractivity contribution in [2.24, 2.45) is 5.92 Å². The minimum absolute atomic E-state index is 0.0865. The number of aliphatic hydroxyl groups is 1. The lowest BCUT2D eigenvalue weighted by atomic mass is 9.82. The fraction of sp³-hybridized carbons (Fsp3) is 0.429. The number of phenols is 1. The van der Waals surface area contributed by atoms with Crippen molar-refractivity contribution in [2.45, 2.75) is 24.9 Å². The number of carbonyl (C=O) groups excluding carboxylic acids is 2. The molecule has 0 aromatic heterocycles. The molecule has 10 heteroatoms. The first-order valence-corrected chi connectivity index (χ1v) is 6.93. The van der Waals surface area contributed by atoms with Gasteiger partial charge in [0, 0.05) is 0 Å². The van der Waals surface area contributed by atoms with Crippen LogP contribution in [-0.2, 0) is 9.53 Å². The topological polar surface area (TPSA) is 108 Å². The van der Waals surface area contributed by atoms with E-state index < -0.39 is 35.9 Å². The number of phenolic OH excluding ortho intramolecular Hbond substituents is 1. The molecule has 4 N–H and O–H groups in total. The summed E-state index contributed by atoms with van der Waals surface area (Å²) in [5, 5.41) is 22.9. The average molecular weight is 348 g/mol. The van der Waals surface area contributed by atoms with Crippen molar-refractivity contribution in [1.82, 2.24) is 10.6 Å². The van der Waals surface area contributed by atoms with Crippen LogP contribution in [-0.4, -0.2) is 40.7 Å². The maximum atomic E-state index is 13.4. The molecule has 3 atom stereocenters. The third kappa shape index (κ3) is 3.09. The van der Waals surface area contributed by atoms with Crippen LogP contribution in [0.5, 0.6) is 5.75 Å². The summed E-state index contributed by atoms with van der Waals surface area (Å²) in [5.74, 6) is -3.67. The Bertz CT molecular complexity index is 634. The highest BCUT2D eigenvalue weighted by molar-refractivity contribution is 5.83. The molecule has 1 saturated heterocycles. The Hall–Kier alpha value is -2.49. The van der Waals surface area contributed by atoms with E-state index in [1.807, 2.05) is 0 Å². The van der Waals surface area contributed by atoms with Crippen LogP contribution in [0.2, 0.25) is 0 Å². The molecule has 2 rings (SSSR count). The smallest absolute Gasteiger partial charge is 0.437 e. The van der Waals surface area contributed by atoms with Crippen molar-refractivity contribution in [3.63, 3.8) is 0 Å². The number of ether oxygens (including phenoxy) is 1. The summed E-state index contributed by atoms with van der Waals surface area (Å²) in [6.07, 6.45) is -5.32. The Labute approximate surface area is 134 Å². The Balaban J connectivity index is 2.55. The van der Waals surface area contributed by atoms with Gasteiger partial charge < -0.3 is 25.6 Å². The van der Waals surface area contributed by atoms with Gasteiger partial charge in [-0.15, -0.1) is 0 Å². The number of rotatable bonds is 3. The predicted molar refractivity (Wildman–Crippen MR) is 73.6 cm³/mol. The zero-order valence-electron chi connectivity index (χ0n) is 12.4. The summed E-state index contributed by atoms with van der Waals surface area (Å²) in [7, 11) is 0. The van der Waals surface area contributed by atoms with Gasteiger partial charge in [0.15, 0.2) is 0 Å². The normalized spacial score (nSPS) is 27.1. The van der Waals surface area contributed by atoms with Crippen molar-refractivity contribution < 1.29 is 37.7 Å². The SMILES string of the molecule is CCOC(=O)[C@@H]1[C@@H](c2ccc(O)cc2)NC(=O)N[C@@]1(O)C(F)(F)F. The number of benzene rings is 1. The second-order valence-corrected chi connectivity index (χ2v) is 5.16. The van der Waals surface area contributed by atoms with Gasteiger partial charge >= 0.3 is 18.2 Å². The fourth-order valence-electron chi connectivity index (χ4n) is 2.50. The predicted octanol–water partition coefficient (Wildman–Crippen LogP) is 1.18. The van der Waals surface area contributed by atoms with E-state index in [1.165, 1.54) is 36.5 Å². The molecule has 1 fully saturated rings. The van der Waals surface area contributed by atoms with E-state index in [1.54, 1.807) is 0 Å². The average Bonchev–Trinajstić information content (AvgIpc) is 2.46. The summed E-state index contributed by atoms with van der Waals surface area (Å²) in [5.41, 5.74) is -3.71. The number of hydrogen-bond acceptors (Lipinski definition) is 5. The molecule has 1 aromatic carbocycles. The second-order valence-electron chi connectivity index (χ2n) is 5.16. The zero-order valence-corrected chi connectivity index (χ0v) is 12.4. The van der Waals surface area contributed by atoms with Crippen LogP contribution in [0.15, 0.2) is 24.3 Å². The number of halogens is 3. The van der Waals surface area contributed by atoms with Crippen molar-refractivity contribution >= 4 is 12.0 Å². The molecule has 0 radical (unpaired) electrons. The molecule has 0 saturated carbocycles. The highest BCUT2D eigenvalue weighted by atomic mass is 19.4. The Morgan fingerprint density at radius 3 is 2.42 bits per heavy atom. The minimum Gasteiger partial charge on any atom is -0.508 e. The molecule has 2 amide bonds. The summed E-state index contributed by atoms with van der Waals surface area (Å²) in [6.45, 7) is 1.19. The first kappa shape index (κ1) is 17.9. The maximum absolute atomic E-state index is 13.4. The van der Waals surface area contributed by atoms with Crippen LogP contribution < -0.4 is 10.6 Å². The van der Waals surface area contributed by atoms with Gasteiger partial charge in [-0.3, -0.25) is 4.79 Å². The standard InChI is InChI=1S/C14H15F3N2O5/c1-2-24-11(21)9-10(7-3-5-8(20)6-4-7)18-12(22)19-13(9,23)14(15,16)17/h3-6,9-10,20,23H,2H2,1H3,(H2,18,19,22)/t9-,10+,13-/m0/s1. The van der Waals surface area contributed by atoms with E-state index in [2.05, 4.69) is 10.1 Å². The zero-order chi connectivity index (χ0) is 18.1. The number of urea groups is 1. The maximum Gasteiger partial charge on any atom is 0.437 e. The highest BCUT2D eigenvalue weighted by Gasteiger charge is 2.67. The van der Waals surface area contributed by atoms with Crippen LogP contribution >= 0.6 is 0 Å². The van der Waals surface area contributed by atoms with Gasteiger partial charge in [-0.1, -0.05) is 12.1 Å². The first-order valence-electron chi connectivity index (χ1n) is 6.93. The number of hydrogen-bond donors (Lipinski definition) is 4. The number of amides is 2. The van der Waals surface area contributed by atoms with Crippen LogP contribution in [0.3, 0.4) is 0 Å².